The number of carbonyl (C=O) groups excluding carboxylic acids is 2. The van der Waals surface area contributed by atoms with Gasteiger partial charge < -0.3 is 9.84 Å². The molecule has 7 nitrogen and oxygen atoms in total. The Bertz CT molecular complexity index is 657. The van der Waals surface area contributed by atoms with E-state index in [1.54, 1.807) is 0 Å². The summed E-state index contributed by atoms with van der Waals surface area (Å²) in [5.41, 5.74) is 1.69. The third-order valence-corrected chi connectivity index (χ3v) is 3.79. The van der Waals surface area contributed by atoms with Gasteiger partial charge in [0.1, 0.15) is 0 Å². The van der Waals surface area contributed by atoms with E-state index in [1.807, 2.05) is 37.3 Å². The lowest BCUT2D eigenvalue weighted by molar-refractivity contribution is -0.167. The largest absolute Gasteiger partial charge is 0.481 e. The summed E-state index contributed by atoms with van der Waals surface area (Å²) in [6.45, 7) is 1.91. The van der Waals surface area contributed by atoms with Crippen LogP contribution < -0.4 is 0 Å². The smallest absolute Gasteiger partial charge is 0.308 e. The van der Waals surface area contributed by atoms with E-state index in [0.29, 0.717) is 25.7 Å². The molecule has 1 atom stereocenters. The van der Waals surface area contributed by atoms with E-state index in [9.17, 15) is 14.4 Å². The number of carboxylic acids is 1. The summed E-state index contributed by atoms with van der Waals surface area (Å²) in [6.07, 6.45) is 0.619. The minimum absolute atomic E-state index is 0.204. The number of aliphatic carboxylic acids is 1. The van der Waals surface area contributed by atoms with Crippen LogP contribution in [0.3, 0.4) is 0 Å². The number of carboxylic acid groups (broad SMARTS) is 1. The second kappa shape index (κ2) is 8.96. The van der Waals surface area contributed by atoms with Crippen molar-refractivity contribution in [2.45, 2.75) is 51.7 Å². The number of amides is 1. The molecule has 1 N–H and O–H groups in total. The number of hydrogen-bond donors (Lipinski definition) is 1. The van der Waals surface area contributed by atoms with Crippen molar-refractivity contribution >= 4 is 23.6 Å². The van der Waals surface area contributed by atoms with Crippen LogP contribution in [0.2, 0.25) is 0 Å². The lowest BCUT2D eigenvalue weighted by Gasteiger charge is -2.30. The summed E-state index contributed by atoms with van der Waals surface area (Å²) >= 11 is 0. The van der Waals surface area contributed by atoms with Gasteiger partial charge in [-0.25, -0.2) is 0 Å². The Morgan fingerprint density at radius 2 is 1.96 bits per heavy atom. The van der Waals surface area contributed by atoms with Crippen LogP contribution in [0, 0.1) is 0 Å². The second-order valence-electron chi connectivity index (χ2n) is 5.78. The van der Waals surface area contributed by atoms with E-state index < -0.39 is 18.2 Å². The number of hydrazone groups is 1. The van der Waals surface area contributed by atoms with Crippen molar-refractivity contribution < 1.29 is 24.2 Å². The molecule has 0 bridgehead atoms. The summed E-state index contributed by atoms with van der Waals surface area (Å²) in [5.74, 6) is -1.91. The predicted molar refractivity (Wildman–Crippen MR) is 90.7 cm³/mol. The Morgan fingerprint density at radius 3 is 2.60 bits per heavy atom. The van der Waals surface area contributed by atoms with Gasteiger partial charge in [-0.2, -0.15) is 10.1 Å². The van der Waals surface area contributed by atoms with Crippen molar-refractivity contribution in [3.8, 4) is 0 Å². The zero-order valence-electron chi connectivity index (χ0n) is 14.2. The van der Waals surface area contributed by atoms with Gasteiger partial charge in [-0.1, -0.05) is 43.7 Å². The molecule has 0 radical (unpaired) electrons. The Morgan fingerprint density at radius 1 is 1.24 bits per heavy atom. The van der Waals surface area contributed by atoms with Crippen LogP contribution in [0.1, 0.15) is 51.0 Å². The molecular formula is C18H22N2O5. The van der Waals surface area contributed by atoms with Crippen LogP contribution in [0.5, 0.6) is 0 Å². The molecule has 0 aromatic heterocycles. The predicted octanol–water partition coefficient (Wildman–Crippen LogP) is 2.55. The second-order valence-corrected chi connectivity index (χ2v) is 5.78. The van der Waals surface area contributed by atoms with Gasteiger partial charge in [-0.05, 0) is 5.56 Å². The highest BCUT2D eigenvalue weighted by Gasteiger charge is 2.30. The SMILES string of the molecule is CCCC(OC(=O)CCC(=O)O)N1N=C(c2ccccc2)CCC1=O. The highest BCUT2D eigenvalue weighted by molar-refractivity contribution is 6.04. The maximum Gasteiger partial charge on any atom is 0.308 e. The molecule has 2 rings (SSSR count). The van der Waals surface area contributed by atoms with E-state index in [0.717, 1.165) is 11.3 Å². The first-order valence-corrected chi connectivity index (χ1v) is 8.37. The van der Waals surface area contributed by atoms with Crippen molar-refractivity contribution in [2.24, 2.45) is 5.10 Å². The highest BCUT2D eigenvalue weighted by Crippen LogP contribution is 2.20. The van der Waals surface area contributed by atoms with Gasteiger partial charge >= 0.3 is 11.9 Å². The Labute approximate surface area is 146 Å². The van der Waals surface area contributed by atoms with E-state index in [4.69, 9.17) is 9.84 Å². The molecule has 25 heavy (non-hydrogen) atoms. The summed E-state index contributed by atoms with van der Waals surface area (Å²) in [4.78, 5) is 34.7. The van der Waals surface area contributed by atoms with E-state index in [1.165, 1.54) is 5.01 Å². The van der Waals surface area contributed by atoms with Crippen LogP contribution in [-0.4, -0.2) is 39.9 Å². The average molecular weight is 346 g/mol. The molecule has 0 spiro atoms. The number of ether oxygens (including phenoxy) is 1. The van der Waals surface area contributed by atoms with Crippen LogP contribution in [0.15, 0.2) is 35.4 Å². The molecule has 1 unspecified atom stereocenters. The quantitative estimate of drug-likeness (QED) is 0.730. The van der Waals surface area contributed by atoms with Gasteiger partial charge in [0.25, 0.3) is 0 Å². The Balaban J connectivity index is 2.15. The van der Waals surface area contributed by atoms with Gasteiger partial charge in [-0.3, -0.25) is 14.4 Å². The van der Waals surface area contributed by atoms with E-state index >= 15 is 0 Å². The van der Waals surface area contributed by atoms with Gasteiger partial charge in [-0.15, -0.1) is 0 Å². The fourth-order valence-electron chi connectivity index (χ4n) is 2.53. The van der Waals surface area contributed by atoms with Crippen LogP contribution in [0.25, 0.3) is 0 Å². The maximum absolute atomic E-state index is 12.3. The average Bonchev–Trinajstić information content (AvgIpc) is 2.61. The number of hydrogen-bond acceptors (Lipinski definition) is 5. The fraction of sp³-hybridized carbons (Fsp3) is 0.444. The van der Waals surface area contributed by atoms with E-state index in [2.05, 4.69) is 5.10 Å². The first kappa shape index (κ1) is 18.6. The molecule has 134 valence electrons. The van der Waals surface area contributed by atoms with Gasteiger partial charge in [0.15, 0.2) is 6.23 Å². The van der Waals surface area contributed by atoms with Crippen molar-refractivity contribution in [2.75, 3.05) is 0 Å². The summed E-state index contributed by atoms with van der Waals surface area (Å²) < 4.78 is 5.33. The molecule has 0 saturated carbocycles. The standard InChI is InChI=1S/C18H22N2O5/c1-2-6-16(25-18(24)12-11-17(22)23)20-15(21)10-9-14(19-20)13-7-4-3-5-8-13/h3-5,7-8,16H,2,6,9-12H2,1H3,(H,22,23). The zero-order chi connectivity index (χ0) is 18.2. The molecular weight excluding hydrogens is 324 g/mol. The van der Waals surface area contributed by atoms with Crippen molar-refractivity contribution in [3.05, 3.63) is 35.9 Å². The first-order valence-electron chi connectivity index (χ1n) is 8.37. The highest BCUT2D eigenvalue weighted by atomic mass is 16.6. The summed E-state index contributed by atoms with van der Waals surface area (Å²) in [7, 11) is 0. The molecule has 0 fully saturated rings. The topological polar surface area (TPSA) is 96.3 Å². The number of nitrogens with zero attached hydrogens (tertiary/aromatic N) is 2. The zero-order valence-corrected chi connectivity index (χ0v) is 14.2. The Hall–Kier alpha value is -2.70. The summed E-state index contributed by atoms with van der Waals surface area (Å²) in [5, 5.41) is 14.3. The summed E-state index contributed by atoms with van der Waals surface area (Å²) in [6, 6.07) is 9.53. The molecule has 7 heteroatoms. The number of carbonyl (C=O) groups is 3. The number of rotatable bonds is 8. The van der Waals surface area contributed by atoms with Crippen molar-refractivity contribution in [3.63, 3.8) is 0 Å². The molecule has 1 aliphatic heterocycles. The lowest BCUT2D eigenvalue weighted by Crippen LogP contribution is -2.42. The lowest BCUT2D eigenvalue weighted by atomic mass is 10.0. The van der Waals surface area contributed by atoms with Crippen molar-refractivity contribution in [1.82, 2.24) is 5.01 Å². The van der Waals surface area contributed by atoms with Gasteiger partial charge in [0, 0.05) is 19.3 Å². The number of esters is 1. The minimum Gasteiger partial charge on any atom is -0.481 e. The fourth-order valence-corrected chi connectivity index (χ4v) is 2.53. The van der Waals surface area contributed by atoms with Gasteiger partial charge in [0.05, 0.1) is 18.6 Å². The van der Waals surface area contributed by atoms with Crippen LogP contribution in [0.4, 0.5) is 0 Å². The van der Waals surface area contributed by atoms with Gasteiger partial charge in [0.2, 0.25) is 5.91 Å². The van der Waals surface area contributed by atoms with Crippen molar-refractivity contribution in [1.29, 1.82) is 0 Å². The first-order chi connectivity index (χ1) is 12.0. The minimum atomic E-state index is -1.07. The molecule has 1 heterocycles. The number of benzene rings is 1. The molecule has 1 amide bonds. The van der Waals surface area contributed by atoms with Crippen LogP contribution >= 0.6 is 0 Å². The normalized spacial score (nSPS) is 15.5. The molecule has 1 aromatic rings. The third kappa shape index (κ3) is 5.41. The monoisotopic (exact) mass is 346 g/mol. The van der Waals surface area contributed by atoms with Crippen LogP contribution in [-0.2, 0) is 19.1 Å². The Kier molecular flexibility index (Phi) is 6.68. The molecule has 1 aliphatic rings. The van der Waals surface area contributed by atoms with E-state index in [-0.39, 0.29) is 18.7 Å². The molecule has 1 aromatic carbocycles. The molecule has 0 saturated heterocycles. The molecule has 0 aliphatic carbocycles. The third-order valence-electron chi connectivity index (χ3n) is 3.79. The maximum atomic E-state index is 12.3.